The molecule has 3 heterocycles. The maximum absolute atomic E-state index is 13.3. The van der Waals surface area contributed by atoms with Crippen molar-refractivity contribution in [2.24, 2.45) is 0 Å². The van der Waals surface area contributed by atoms with Gasteiger partial charge in [0, 0.05) is 37.6 Å². The van der Waals surface area contributed by atoms with E-state index in [1.807, 2.05) is 20.0 Å². The minimum absolute atomic E-state index is 0.0571. The number of halogens is 1. The Kier molecular flexibility index (Phi) is 7.55. The molecular weight excluding hydrogens is 433 g/mol. The standard InChI is InChI=1S/C26H28FN5O2/c1-18-16-32(17-19(2)34-18)25-22(8-5-20-6-9-24(27)10-7-20)12-23(15-29-25)26(33)28-11-3-4-21-13-30-31-14-21/h6-7,9-10,12-15,18-19H,3-4,11,16-17H2,1-2H3,(H,28,33)(H,30,31)/t18-,19?/m0/s1. The van der Waals surface area contributed by atoms with Crippen LogP contribution in [0.15, 0.2) is 48.9 Å². The molecule has 1 amide bonds. The second-order valence-electron chi connectivity index (χ2n) is 8.48. The first-order valence-corrected chi connectivity index (χ1v) is 11.4. The molecule has 176 valence electrons. The summed E-state index contributed by atoms with van der Waals surface area (Å²) in [5.74, 6) is 6.43. The number of pyridine rings is 1. The Morgan fingerprint density at radius 1 is 1.21 bits per heavy atom. The van der Waals surface area contributed by atoms with Gasteiger partial charge in [-0.15, -0.1) is 0 Å². The molecule has 34 heavy (non-hydrogen) atoms. The first-order valence-electron chi connectivity index (χ1n) is 11.4. The van der Waals surface area contributed by atoms with E-state index < -0.39 is 0 Å². The topological polar surface area (TPSA) is 83.1 Å². The number of hydrogen-bond donors (Lipinski definition) is 2. The number of aromatic amines is 1. The van der Waals surface area contributed by atoms with E-state index in [1.54, 1.807) is 30.6 Å². The highest BCUT2D eigenvalue weighted by atomic mass is 19.1. The van der Waals surface area contributed by atoms with Gasteiger partial charge in [0.2, 0.25) is 0 Å². The van der Waals surface area contributed by atoms with Crippen molar-refractivity contribution in [2.75, 3.05) is 24.5 Å². The molecule has 3 aromatic rings. The molecule has 1 unspecified atom stereocenters. The van der Waals surface area contributed by atoms with Crippen LogP contribution in [0.2, 0.25) is 0 Å². The van der Waals surface area contributed by atoms with E-state index >= 15 is 0 Å². The summed E-state index contributed by atoms with van der Waals surface area (Å²) in [6.45, 7) is 5.96. The van der Waals surface area contributed by atoms with Crippen molar-refractivity contribution in [3.05, 3.63) is 77.0 Å². The van der Waals surface area contributed by atoms with Crippen LogP contribution in [-0.2, 0) is 11.2 Å². The summed E-state index contributed by atoms with van der Waals surface area (Å²) in [5.41, 5.74) is 2.89. The second kappa shape index (κ2) is 10.9. The molecule has 7 nitrogen and oxygen atoms in total. The normalized spacial score (nSPS) is 17.7. The van der Waals surface area contributed by atoms with Crippen LogP contribution in [0.1, 0.15) is 47.3 Å². The number of carbonyl (C=O) groups excluding carboxylic acids is 1. The van der Waals surface area contributed by atoms with E-state index in [0.29, 0.717) is 42.1 Å². The lowest BCUT2D eigenvalue weighted by atomic mass is 10.1. The average molecular weight is 462 g/mol. The van der Waals surface area contributed by atoms with E-state index in [0.717, 1.165) is 18.4 Å². The van der Waals surface area contributed by atoms with Gasteiger partial charge >= 0.3 is 0 Å². The van der Waals surface area contributed by atoms with Crippen LogP contribution < -0.4 is 10.2 Å². The lowest BCUT2D eigenvalue weighted by Gasteiger charge is -2.36. The summed E-state index contributed by atoms with van der Waals surface area (Å²) in [5, 5.41) is 9.66. The summed E-state index contributed by atoms with van der Waals surface area (Å²) >= 11 is 0. The van der Waals surface area contributed by atoms with Gasteiger partial charge in [0.05, 0.1) is 29.5 Å². The maximum atomic E-state index is 13.3. The van der Waals surface area contributed by atoms with Crippen LogP contribution >= 0.6 is 0 Å². The molecule has 0 spiro atoms. The zero-order chi connectivity index (χ0) is 23.9. The van der Waals surface area contributed by atoms with Gasteiger partial charge in [-0.25, -0.2) is 9.37 Å². The number of morpholine rings is 1. The average Bonchev–Trinajstić information content (AvgIpc) is 3.34. The number of aryl methyl sites for hydroxylation is 1. The Bertz CT molecular complexity index is 1160. The highest BCUT2D eigenvalue weighted by Crippen LogP contribution is 2.23. The van der Waals surface area contributed by atoms with Gasteiger partial charge in [-0.2, -0.15) is 5.10 Å². The van der Waals surface area contributed by atoms with Crippen molar-refractivity contribution >= 4 is 11.7 Å². The largest absolute Gasteiger partial charge is 0.372 e. The Labute approximate surface area is 198 Å². The third-order valence-electron chi connectivity index (χ3n) is 5.52. The molecule has 1 aliphatic rings. The molecule has 1 saturated heterocycles. The summed E-state index contributed by atoms with van der Waals surface area (Å²) in [4.78, 5) is 19.5. The van der Waals surface area contributed by atoms with Gasteiger partial charge < -0.3 is 15.0 Å². The van der Waals surface area contributed by atoms with E-state index in [2.05, 4.69) is 37.2 Å². The fourth-order valence-corrected chi connectivity index (χ4v) is 3.96. The van der Waals surface area contributed by atoms with Crippen LogP contribution in [0.25, 0.3) is 0 Å². The zero-order valence-electron chi connectivity index (χ0n) is 19.3. The molecule has 8 heteroatoms. The number of amides is 1. The fraction of sp³-hybridized carbons (Fsp3) is 0.346. The van der Waals surface area contributed by atoms with E-state index in [4.69, 9.17) is 4.74 Å². The first-order chi connectivity index (χ1) is 16.5. The molecule has 0 bridgehead atoms. The van der Waals surface area contributed by atoms with Crippen molar-refractivity contribution in [3.8, 4) is 11.8 Å². The summed E-state index contributed by atoms with van der Waals surface area (Å²) < 4.78 is 19.1. The van der Waals surface area contributed by atoms with Gasteiger partial charge in [-0.05, 0) is 62.6 Å². The minimum Gasteiger partial charge on any atom is -0.372 e. The number of anilines is 1. The van der Waals surface area contributed by atoms with E-state index in [9.17, 15) is 9.18 Å². The summed E-state index contributed by atoms with van der Waals surface area (Å²) in [7, 11) is 0. The second-order valence-corrected chi connectivity index (χ2v) is 8.48. The maximum Gasteiger partial charge on any atom is 0.252 e. The van der Waals surface area contributed by atoms with Crippen molar-refractivity contribution < 1.29 is 13.9 Å². The molecule has 1 aliphatic heterocycles. The van der Waals surface area contributed by atoms with E-state index in [-0.39, 0.29) is 23.9 Å². The Morgan fingerprint density at radius 3 is 2.68 bits per heavy atom. The number of ether oxygens (including phenoxy) is 1. The number of nitrogens with one attached hydrogen (secondary N) is 2. The molecule has 2 atom stereocenters. The predicted molar refractivity (Wildman–Crippen MR) is 128 cm³/mol. The molecule has 0 radical (unpaired) electrons. The molecule has 2 aromatic heterocycles. The van der Waals surface area contributed by atoms with Gasteiger partial charge in [0.25, 0.3) is 5.91 Å². The van der Waals surface area contributed by atoms with Crippen LogP contribution in [0.5, 0.6) is 0 Å². The van der Waals surface area contributed by atoms with Gasteiger partial charge in [-0.3, -0.25) is 9.89 Å². The van der Waals surface area contributed by atoms with Crippen LogP contribution in [0.4, 0.5) is 10.2 Å². The van der Waals surface area contributed by atoms with E-state index in [1.165, 1.54) is 12.1 Å². The highest BCUT2D eigenvalue weighted by molar-refractivity contribution is 5.94. The fourth-order valence-electron chi connectivity index (χ4n) is 3.96. The molecule has 1 aromatic carbocycles. The SMILES string of the molecule is CC1CN(c2ncc(C(=O)NCCCc3cn[nH]c3)cc2C#Cc2ccc(F)cc2)C[C@H](C)O1. The van der Waals surface area contributed by atoms with Crippen LogP contribution in [0, 0.1) is 17.7 Å². The molecular formula is C26H28FN5O2. The van der Waals surface area contributed by atoms with Gasteiger partial charge in [0.1, 0.15) is 11.6 Å². The number of nitrogens with zero attached hydrogens (tertiary/aromatic N) is 3. The number of benzene rings is 1. The number of aromatic nitrogens is 3. The summed E-state index contributed by atoms with van der Waals surface area (Å²) in [6, 6.07) is 7.79. The minimum atomic E-state index is -0.310. The monoisotopic (exact) mass is 461 g/mol. The molecule has 1 fully saturated rings. The number of H-pyrrole nitrogens is 1. The lowest BCUT2D eigenvalue weighted by molar-refractivity contribution is -0.00547. The first kappa shape index (κ1) is 23.5. The third kappa shape index (κ3) is 6.21. The number of carbonyl (C=O) groups is 1. The third-order valence-corrected chi connectivity index (χ3v) is 5.52. The quantitative estimate of drug-likeness (QED) is 0.435. The van der Waals surface area contributed by atoms with Crippen molar-refractivity contribution in [1.29, 1.82) is 0 Å². The smallest absolute Gasteiger partial charge is 0.252 e. The molecule has 2 N–H and O–H groups in total. The highest BCUT2D eigenvalue weighted by Gasteiger charge is 2.25. The van der Waals surface area contributed by atoms with Crippen LogP contribution in [0.3, 0.4) is 0 Å². The van der Waals surface area contributed by atoms with Gasteiger partial charge in [0.15, 0.2) is 0 Å². The summed E-state index contributed by atoms with van der Waals surface area (Å²) in [6.07, 6.45) is 6.97. The molecule has 0 aliphatic carbocycles. The van der Waals surface area contributed by atoms with Crippen molar-refractivity contribution in [3.63, 3.8) is 0 Å². The molecule has 4 rings (SSSR count). The number of rotatable bonds is 6. The van der Waals surface area contributed by atoms with Crippen molar-refractivity contribution in [1.82, 2.24) is 20.5 Å². The van der Waals surface area contributed by atoms with Gasteiger partial charge in [-0.1, -0.05) is 11.8 Å². The number of hydrogen-bond acceptors (Lipinski definition) is 5. The Hall–Kier alpha value is -3.70. The Balaban J connectivity index is 1.53. The lowest BCUT2D eigenvalue weighted by Crippen LogP contribution is -2.46. The Morgan fingerprint density at radius 2 is 1.97 bits per heavy atom. The zero-order valence-corrected chi connectivity index (χ0v) is 19.3. The van der Waals surface area contributed by atoms with Crippen LogP contribution in [-0.4, -0.2) is 52.9 Å². The van der Waals surface area contributed by atoms with Crippen molar-refractivity contribution in [2.45, 2.75) is 38.9 Å². The predicted octanol–water partition coefficient (Wildman–Crippen LogP) is 3.32. The molecule has 0 saturated carbocycles.